The number of hydrogen-bond donors (Lipinski definition) is 0. The van der Waals surface area contributed by atoms with Gasteiger partial charge in [0.05, 0.1) is 13.3 Å². The minimum atomic E-state index is 0.152. The Morgan fingerprint density at radius 1 is 1.59 bits per heavy atom. The molecule has 1 fully saturated rings. The van der Waals surface area contributed by atoms with E-state index in [1.165, 1.54) is 11.5 Å². The second kappa shape index (κ2) is 5.58. The van der Waals surface area contributed by atoms with E-state index in [1.54, 1.807) is 25.0 Å². The molecule has 5 heteroatoms. The van der Waals surface area contributed by atoms with Gasteiger partial charge in [-0.1, -0.05) is 0 Å². The molecule has 2 heterocycles. The molecule has 0 aromatic carbocycles. The van der Waals surface area contributed by atoms with Crippen molar-refractivity contribution in [3.05, 3.63) is 11.9 Å². The zero-order valence-electron chi connectivity index (χ0n) is 10.3. The number of nitrogens with zero attached hydrogens (tertiary/aromatic N) is 2. The number of aromatic nitrogens is 2. The van der Waals surface area contributed by atoms with Crippen LogP contribution in [0.15, 0.2) is 6.20 Å². The third-order valence-corrected chi connectivity index (χ3v) is 4.25. The lowest BCUT2D eigenvalue weighted by Crippen LogP contribution is -2.17. The summed E-state index contributed by atoms with van der Waals surface area (Å²) in [6.45, 7) is 0. The SMILES string of the molecule is COc1cnn(C)c1C(=O)CC1CCSCC1. The zero-order valence-corrected chi connectivity index (χ0v) is 11.1. The van der Waals surface area contributed by atoms with E-state index in [0.29, 0.717) is 23.8 Å². The summed E-state index contributed by atoms with van der Waals surface area (Å²) in [7, 11) is 3.36. The second-order valence-electron chi connectivity index (χ2n) is 4.37. The van der Waals surface area contributed by atoms with Gasteiger partial charge in [0.25, 0.3) is 0 Å². The van der Waals surface area contributed by atoms with Crippen LogP contribution in [0, 0.1) is 5.92 Å². The molecule has 1 saturated heterocycles. The summed E-state index contributed by atoms with van der Waals surface area (Å²) in [5, 5.41) is 4.07. The fraction of sp³-hybridized carbons (Fsp3) is 0.667. The topological polar surface area (TPSA) is 44.1 Å². The van der Waals surface area contributed by atoms with Crippen LogP contribution in [0.5, 0.6) is 5.75 Å². The highest BCUT2D eigenvalue weighted by Crippen LogP contribution is 2.28. The Labute approximate surface area is 106 Å². The van der Waals surface area contributed by atoms with Crippen molar-refractivity contribution in [1.29, 1.82) is 0 Å². The molecule has 0 saturated carbocycles. The molecule has 0 radical (unpaired) electrons. The summed E-state index contributed by atoms with van der Waals surface area (Å²) >= 11 is 1.98. The first kappa shape index (κ1) is 12.5. The lowest BCUT2D eigenvalue weighted by Gasteiger charge is -2.20. The first-order chi connectivity index (χ1) is 8.22. The van der Waals surface area contributed by atoms with Gasteiger partial charge < -0.3 is 4.74 Å². The fourth-order valence-electron chi connectivity index (χ4n) is 2.19. The first-order valence-electron chi connectivity index (χ1n) is 5.89. The van der Waals surface area contributed by atoms with E-state index in [4.69, 9.17) is 4.74 Å². The van der Waals surface area contributed by atoms with Crippen molar-refractivity contribution in [3.63, 3.8) is 0 Å². The van der Waals surface area contributed by atoms with E-state index in [2.05, 4.69) is 5.10 Å². The van der Waals surface area contributed by atoms with Gasteiger partial charge in [0.15, 0.2) is 11.5 Å². The van der Waals surface area contributed by atoms with Crippen molar-refractivity contribution in [3.8, 4) is 5.75 Å². The monoisotopic (exact) mass is 254 g/mol. The molecule has 0 N–H and O–H groups in total. The largest absolute Gasteiger partial charge is 0.493 e. The minimum absolute atomic E-state index is 0.152. The molecular formula is C12H18N2O2S. The maximum Gasteiger partial charge on any atom is 0.184 e. The molecular weight excluding hydrogens is 236 g/mol. The van der Waals surface area contributed by atoms with Crippen LogP contribution in [0.25, 0.3) is 0 Å². The van der Waals surface area contributed by atoms with Gasteiger partial charge in [-0.2, -0.15) is 16.9 Å². The summed E-state index contributed by atoms with van der Waals surface area (Å²) in [5.41, 5.74) is 0.603. The molecule has 1 aromatic heterocycles. The van der Waals surface area contributed by atoms with Gasteiger partial charge in [-0.05, 0) is 30.3 Å². The highest BCUT2D eigenvalue weighted by atomic mass is 32.2. The number of thioether (sulfide) groups is 1. The summed E-state index contributed by atoms with van der Waals surface area (Å²) in [6, 6.07) is 0. The van der Waals surface area contributed by atoms with Gasteiger partial charge in [0, 0.05) is 13.5 Å². The van der Waals surface area contributed by atoms with Gasteiger partial charge in [-0.3, -0.25) is 9.48 Å². The average molecular weight is 254 g/mol. The number of aryl methyl sites for hydroxylation is 1. The van der Waals surface area contributed by atoms with E-state index < -0.39 is 0 Å². The molecule has 2 rings (SSSR count). The van der Waals surface area contributed by atoms with Crippen LogP contribution in [0.4, 0.5) is 0 Å². The highest BCUT2D eigenvalue weighted by Gasteiger charge is 2.22. The molecule has 1 aliphatic rings. The molecule has 0 atom stereocenters. The molecule has 4 nitrogen and oxygen atoms in total. The van der Waals surface area contributed by atoms with Crippen LogP contribution in [0.2, 0.25) is 0 Å². The van der Waals surface area contributed by atoms with Crippen LogP contribution < -0.4 is 4.74 Å². The molecule has 1 aliphatic heterocycles. The predicted molar refractivity (Wildman–Crippen MR) is 68.8 cm³/mol. The van der Waals surface area contributed by atoms with E-state index in [-0.39, 0.29) is 5.78 Å². The molecule has 1 aromatic rings. The standard InChI is InChI=1S/C12H18N2O2S/c1-14-12(11(16-2)8-13-14)10(15)7-9-3-5-17-6-4-9/h8-9H,3-7H2,1-2H3. The van der Waals surface area contributed by atoms with Gasteiger partial charge in [-0.15, -0.1) is 0 Å². The number of methoxy groups -OCH3 is 1. The number of hydrogen-bond acceptors (Lipinski definition) is 4. The van der Waals surface area contributed by atoms with Crippen molar-refractivity contribution in [1.82, 2.24) is 9.78 Å². The zero-order chi connectivity index (χ0) is 12.3. The maximum absolute atomic E-state index is 12.2. The Balaban J connectivity index is 2.05. The fourth-order valence-corrected chi connectivity index (χ4v) is 3.40. The highest BCUT2D eigenvalue weighted by molar-refractivity contribution is 7.99. The Hall–Kier alpha value is -0.970. The smallest absolute Gasteiger partial charge is 0.184 e. The van der Waals surface area contributed by atoms with Gasteiger partial charge in [0.2, 0.25) is 0 Å². The normalized spacial score (nSPS) is 17.1. The molecule has 17 heavy (non-hydrogen) atoms. The lowest BCUT2D eigenvalue weighted by atomic mass is 9.95. The Kier molecular flexibility index (Phi) is 4.10. The number of ether oxygens (including phenoxy) is 1. The number of ketones is 1. The van der Waals surface area contributed by atoms with Crippen LogP contribution in [-0.2, 0) is 7.05 Å². The molecule has 0 aliphatic carbocycles. The Morgan fingerprint density at radius 3 is 2.94 bits per heavy atom. The van der Waals surface area contributed by atoms with E-state index in [9.17, 15) is 4.79 Å². The second-order valence-corrected chi connectivity index (χ2v) is 5.59. The van der Waals surface area contributed by atoms with Crippen molar-refractivity contribution in [2.24, 2.45) is 13.0 Å². The molecule has 0 unspecified atom stereocenters. The van der Waals surface area contributed by atoms with Gasteiger partial charge >= 0.3 is 0 Å². The van der Waals surface area contributed by atoms with Crippen molar-refractivity contribution >= 4 is 17.5 Å². The quantitative estimate of drug-likeness (QED) is 0.772. The molecule has 94 valence electrons. The van der Waals surface area contributed by atoms with Crippen molar-refractivity contribution in [2.45, 2.75) is 19.3 Å². The summed E-state index contributed by atoms with van der Waals surface area (Å²) in [5.74, 6) is 3.63. The third-order valence-electron chi connectivity index (χ3n) is 3.20. The summed E-state index contributed by atoms with van der Waals surface area (Å²) < 4.78 is 6.78. The first-order valence-corrected chi connectivity index (χ1v) is 7.04. The van der Waals surface area contributed by atoms with E-state index in [0.717, 1.165) is 12.8 Å². The van der Waals surface area contributed by atoms with Crippen molar-refractivity contribution < 1.29 is 9.53 Å². The van der Waals surface area contributed by atoms with E-state index >= 15 is 0 Å². The summed E-state index contributed by atoms with van der Waals surface area (Å²) in [6.07, 6.45) is 4.52. The molecule has 0 amide bonds. The minimum Gasteiger partial charge on any atom is -0.493 e. The van der Waals surface area contributed by atoms with Crippen LogP contribution in [0.1, 0.15) is 29.8 Å². The third kappa shape index (κ3) is 2.83. The number of carbonyl (C=O) groups is 1. The Bertz CT molecular complexity index is 397. The summed E-state index contributed by atoms with van der Waals surface area (Å²) in [4.78, 5) is 12.2. The lowest BCUT2D eigenvalue weighted by molar-refractivity contribution is 0.0946. The Morgan fingerprint density at radius 2 is 2.29 bits per heavy atom. The number of Topliss-reactive ketones (excluding diaryl/α,β-unsaturated/α-hetero) is 1. The average Bonchev–Trinajstić information content (AvgIpc) is 2.71. The van der Waals surface area contributed by atoms with Crippen LogP contribution >= 0.6 is 11.8 Å². The number of rotatable bonds is 4. The van der Waals surface area contributed by atoms with Gasteiger partial charge in [-0.25, -0.2) is 0 Å². The molecule has 0 spiro atoms. The van der Waals surface area contributed by atoms with Gasteiger partial charge in [0.1, 0.15) is 5.69 Å². The predicted octanol–water partition coefficient (Wildman–Crippen LogP) is 2.14. The van der Waals surface area contributed by atoms with Crippen LogP contribution in [0.3, 0.4) is 0 Å². The maximum atomic E-state index is 12.2. The van der Waals surface area contributed by atoms with Crippen molar-refractivity contribution in [2.75, 3.05) is 18.6 Å². The van der Waals surface area contributed by atoms with Crippen LogP contribution in [-0.4, -0.2) is 34.2 Å². The molecule has 0 bridgehead atoms. The van der Waals surface area contributed by atoms with E-state index in [1.807, 2.05) is 11.8 Å². The number of carbonyl (C=O) groups excluding carboxylic acids is 1.